The number of fused-ring (bicyclic) bond motifs is 1. The van der Waals surface area contributed by atoms with Gasteiger partial charge in [0.2, 0.25) is 5.91 Å². The fourth-order valence-corrected chi connectivity index (χ4v) is 2.82. The van der Waals surface area contributed by atoms with Gasteiger partial charge in [-0.3, -0.25) is 15.0 Å². The molecule has 0 radical (unpaired) electrons. The third-order valence-corrected chi connectivity index (χ3v) is 4.01. The number of amides is 1. The van der Waals surface area contributed by atoms with Crippen molar-refractivity contribution in [2.75, 3.05) is 18.6 Å². The predicted molar refractivity (Wildman–Crippen MR) is 106 cm³/mol. The monoisotopic (exact) mass is 383 g/mol. The number of nitrogens with zero attached hydrogens (tertiary/aromatic N) is 1. The number of nitrogens with one attached hydrogen (secondary N) is 2. The molecule has 3 rings (SSSR count). The van der Waals surface area contributed by atoms with Crippen LogP contribution in [-0.2, 0) is 11.2 Å². The van der Waals surface area contributed by atoms with Crippen LogP contribution >= 0.6 is 0 Å². The first-order chi connectivity index (χ1) is 13.5. The summed E-state index contributed by atoms with van der Waals surface area (Å²) in [6, 6.07) is 11.8. The van der Waals surface area contributed by atoms with Crippen molar-refractivity contribution in [1.29, 1.82) is 0 Å². The number of hydrogen-bond acceptors (Lipinski definition) is 5. The second-order valence-electron chi connectivity index (χ2n) is 5.98. The Hall–Kier alpha value is -3.55. The summed E-state index contributed by atoms with van der Waals surface area (Å²) in [6.07, 6.45) is -0.0365. The number of ether oxygens (including phenoxy) is 2. The van der Waals surface area contributed by atoms with E-state index in [9.17, 15) is 14.4 Å². The second kappa shape index (κ2) is 8.43. The molecule has 0 aliphatic rings. The molecule has 8 nitrogen and oxygen atoms in total. The Morgan fingerprint density at radius 1 is 1.04 bits per heavy atom. The largest absolute Gasteiger partial charge is 0.490 e. The molecule has 1 heterocycles. The molecule has 0 saturated heterocycles. The molecular weight excluding hydrogens is 362 g/mol. The topological polar surface area (TPSA) is 102 Å². The zero-order valence-electron chi connectivity index (χ0n) is 15.7. The molecule has 0 saturated carbocycles. The number of aromatic amines is 1. The first-order valence-electron chi connectivity index (χ1n) is 8.96. The Labute approximate surface area is 160 Å². The molecule has 8 heteroatoms. The van der Waals surface area contributed by atoms with Gasteiger partial charge in [0.25, 0.3) is 5.56 Å². The number of hydrogen-bond donors (Lipinski definition) is 2. The van der Waals surface area contributed by atoms with Gasteiger partial charge in [0, 0.05) is 0 Å². The standard InChI is InChI=1S/C20H21N3O5/c1-3-27-16-10-9-13(11-17(16)28-4-2)12-18(24)22-23-19(25)14-7-5-6-8-15(14)21-20(23)26/h5-11H,3-4,12H2,1-2H3,(H,21,26)(H,22,24). The van der Waals surface area contributed by atoms with Crippen molar-refractivity contribution < 1.29 is 14.3 Å². The minimum Gasteiger partial charge on any atom is -0.490 e. The van der Waals surface area contributed by atoms with Crippen molar-refractivity contribution in [1.82, 2.24) is 9.66 Å². The third-order valence-electron chi connectivity index (χ3n) is 4.01. The molecule has 1 amide bonds. The Bertz CT molecular complexity index is 1120. The first kappa shape index (κ1) is 19.2. The maximum atomic E-state index is 12.5. The van der Waals surface area contributed by atoms with Crippen molar-refractivity contribution in [3.63, 3.8) is 0 Å². The van der Waals surface area contributed by atoms with Crippen LogP contribution in [0.25, 0.3) is 10.9 Å². The zero-order chi connectivity index (χ0) is 20.1. The van der Waals surface area contributed by atoms with Crippen molar-refractivity contribution >= 4 is 16.8 Å². The van der Waals surface area contributed by atoms with Gasteiger partial charge >= 0.3 is 5.69 Å². The van der Waals surface area contributed by atoms with Crippen LogP contribution < -0.4 is 26.1 Å². The van der Waals surface area contributed by atoms with E-state index in [0.29, 0.717) is 45.9 Å². The fraction of sp³-hybridized carbons (Fsp3) is 0.250. The number of carbonyl (C=O) groups excluding carboxylic acids is 1. The van der Waals surface area contributed by atoms with Crippen LogP contribution in [0, 0.1) is 0 Å². The lowest BCUT2D eigenvalue weighted by Crippen LogP contribution is -2.44. The quantitative estimate of drug-likeness (QED) is 0.648. The van der Waals surface area contributed by atoms with E-state index in [2.05, 4.69) is 10.4 Å². The summed E-state index contributed by atoms with van der Waals surface area (Å²) in [4.78, 5) is 39.6. The van der Waals surface area contributed by atoms with E-state index in [1.807, 2.05) is 13.8 Å². The number of rotatable bonds is 7. The SMILES string of the molecule is CCOc1ccc(CC(=O)Nn2c(=O)[nH]c3ccccc3c2=O)cc1OCC. The highest BCUT2D eigenvalue weighted by atomic mass is 16.5. The van der Waals surface area contributed by atoms with E-state index in [1.54, 1.807) is 42.5 Å². The second-order valence-corrected chi connectivity index (χ2v) is 5.98. The van der Waals surface area contributed by atoms with Crippen molar-refractivity contribution in [3.8, 4) is 11.5 Å². The predicted octanol–water partition coefficient (Wildman–Crippen LogP) is 1.80. The smallest absolute Gasteiger partial charge is 0.348 e. The average molecular weight is 383 g/mol. The Morgan fingerprint density at radius 2 is 1.75 bits per heavy atom. The first-order valence-corrected chi connectivity index (χ1v) is 8.96. The molecule has 146 valence electrons. The number of aromatic nitrogens is 2. The lowest BCUT2D eigenvalue weighted by Gasteiger charge is -2.13. The highest BCUT2D eigenvalue weighted by molar-refractivity contribution is 5.86. The molecule has 1 aromatic heterocycles. The van der Waals surface area contributed by atoms with Gasteiger partial charge in [-0.2, -0.15) is 4.68 Å². The number of H-pyrrole nitrogens is 1. The molecule has 0 aliphatic carbocycles. The summed E-state index contributed by atoms with van der Waals surface area (Å²) >= 11 is 0. The normalized spacial score (nSPS) is 10.6. The molecular formula is C20H21N3O5. The van der Waals surface area contributed by atoms with Crippen LogP contribution in [0.3, 0.4) is 0 Å². The van der Waals surface area contributed by atoms with Gasteiger partial charge in [0.15, 0.2) is 11.5 Å². The lowest BCUT2D eigenvalue weighted by molar-refractivity contribution is -0.116. The van der Waals surface area contributed by atoms with Crippen LogP contribution in [-0.4, -0.2) is 28.8 Å². The lowest BCUT2D eigenvalue weighted by atomic mass is 10.1. The highest BCUT2D eigenvalue weighted by Crippen LogP contribution is 2.28. The van der Waals surface area contributed by atoms with Crippen molar-refractivity contribution in [2.45, 2.75) is 20.3 Å². The molecule has 0 aliphatic heterocycles. The average Bonchev–Trinajstić information content (AvgIpc) is 2.67. The van der Waals surface area contributed by atoms with Gasteiger partial charge < -0.3 is 14.5 Å². The maximum absolute atomic E-state index is 12.5. The molecule has 3 aromatic rings. The number of carbonyl (C=O) groups is 1. The van der Waals surface area contributed by atoms with Crippen LogP contribution in [0.1, 0.15) is 19.4 Å². The number of para-hydroxylation sites is 1. The summed E-state index contributed by atoms with van der Waals surface area (Å²) in [5.74, 6) is 0.626. The fourth-order valence-electron chi connectivity index (χ4n) is 2.82. The molecule has 0 unspecified atom stereocenters. The van der Waals surface area contributed by atoms with Gasteiger partial charge in [0.05, 0.1) is 30.5 Å². The van der Waals surface area contributed by atoms with Crippen molar-refractivity contribution in [3.05, 3.63) is 68.9 Å². The Kier molecular flexibility index (Phi) is 5.78. The minimum atomic E-state index is -0.709. The number of benzene rings is 2. The summed E-state index contributed by atoms with van der Waals surface area (Å²) in [6.45, 7) is 4.68. The minimum absolute atomic E-state index is 0.0365. The summed E-state index contributed by atoms with van der Waals surface area (Å²) in [7, 11) is 0. The molecule has 2 aromatic carbocycles. The van der Waals surface area contributed by atoms with E-state index in [1.165, 1.54) is 0 Å². The van der Waals surface area contributed by atoms with Crippen LogP contribution in [0.5, 0.6) is 11.5 Å². The van der Waals surface area contributed by atoms with E-state index < -0.39 is 17.2 Å². The summed E-state index contributed by atoms with van der Waals surface area (Å²) in [5, 5.41) is 0.307. The van der Waals surface area contributed by atoms with E-state index in [4.69, 9.17) is 9.47 Å². The summed E-state index contributed by atoms with van der Waals surface area (Å²) < 4.78 is 11.7. The Morgan fingerprint density at radius 3 is 2.50 bits per heavy atom. The van der Waals surface area contributed by atoms with Gasteiger partial charge in [-0.15, -0.1) is 0 Å². The molecule has 0 bridgehead atoms. The van der Waals surface area contributed by atoms with Gasteiger partial charge in [-0.1, -0.05) is 18.2 Å². The van der Waals surface area contributed by atoms with Gasteiger partial charge in [-0.05, 0) is 43.7 Å². The zero-order valence-corrected chi connectivity index (χ0v) is 15.7. The maximum Gasteiger partial charge on any atom is 0.348 e. The Balaban J connectivity index is 1.83. The summed E-state index contributed by atoms with van der Waals surface area (Å²) in [5.41, 5.74) is 2.14. The van der Waals surface area contributed by atoms with Crippen molar-refractivity contribution in [2.24, 2.45) is 0 Å². The molecule has 28 heavy (non-hydrogen) atoms. The third kappa shape index (κ3) is 4.06. The van der Waals surface area contributed by atoms with Gasteiger partial charge in [0.1, 0.15) is 0 Å². The van der Waals surface area contributed by atoms with E-state index in [-0.39, 0.29) is 6.42 Å². The van der Waals surface area contributed by atoms with Crippen LogP contribution in [0.15, 0.2) is 52.1 Å². The van der Waals surface area contributed by atoms with Gasteiger partial charge in [-0.25, -0.2) is 4.79 Å². The van der Waals surface area contributed by atoms with Crippen LogP contribution in [0.4, 0.5) is 0 Å². The van der Waals surface area contributed by atoms with E-state index >= 15 is 0 Å². The molecule has 0 spiro atoms. The van der Waals surface area contributed by atoms with E-state index in [0.717, 1.165) is 0 Å². The van der Waals surface area contributed by atoms with Crippen LogP contribution in [0.2, 0.25) is 0 Å². The molecule has 0 atom stereocenters. The highest BCUT2D eigenvalue weighted by Gasteiger charge is 2.13. The molecule has 2 N–H and O–H groups in total. The molecule has 0 fully saturated rings.